The zero-order chi connectivity index (χ0) is 19.2. The van der Waals surface area contributed by atoms with Crippen LogP contribution in [0.25, 0.3) is 6.08 Å². The van der Waals surface area contributed by atoms with Crippen molar-refractivity contribution in [2.75, 3.05) is 13.7 Å². The van der Waals surface area contributed by atoms with Gasteiger partial charge in [0.2, 0.25) is 0 Å². The standard InChI is InChI=1S/C21H19NO3S2/c1-3-12-25-19-16(10-7-11-17(19)24-2)13-18-20(23)22(21(26)27-18)14-15-8-5-4-6-9-15/h3-11,13H,1,12,14H2,2H3/b18-13+. The minimum absolute atomic E-state index is 0.105. The first-order valence-corrected chi connectivity index (χ1v) is 9.56. The summed E-state index contributed by atoms with van der Waals surface area (Å²) in [5.74, 6) is 1.07. The summed E-state index contributed by atoms with van der Waals surface area (Å²) in [4.78, 5) is 15.0. The lowest BCUT2D eigenvalue weighted by Gasteiger charge is -2.14. The van der Waals surface area contributed by atoms with Crippen molar-refractivity contribution in [2.45, 2.75) is 6.54 Å². The molecule has 0 radical (unpaired) electrons. The molecule has 1 fully saturated rings. The van der Waals surface area contributed by atoms with E-state index in [1.165, 1.54) is 11.8 Å². The summed E-state index contributed by atoms with van der Waals surface area (Å²) in [7, 11) is 1.58. The van der Waals surface area contributed by atoms with Gasteiger partial charge in [0.1, 0.15) is 10.9 Å². The molecule has 3 rings (SSSR count). The monoisotopic (exact) mass is 397 g/mol. The highest BCUT2D eigenvalue weighted by atomic mass is 32.2. The highest BCUT2D eigenvalue weighted by Gasteiger charge is 2.32. The van der Waals surface area contributed by atoms with E-state index in [2.05, 4.69) is 6.58 Å². The number of rotatable bonds is 7. The summed E-state index contributed by atoms with van der Waals surface area (Å²) < 4.78 is 11.7. The number of thioether (sulfide) groups is 1. The Morgan fingerprint density at radius 3 is 2.67 bits per heavy atom. The normalized spacial score (nSPS) is 15.3. The molecule has 1 saturated heterocycles. The summed E-state index contributed by atoms with van der Waals surface area (Å²) >= 11 is 6.71. The summed E-state index contributed by atoms with van der Waals surface area (Å²) in [6.07, 6.45) is 3.46. The van der Waals surface area contributed by atoms with Gasteiger partial charge in [-0.05, 0) is 17.7 Å². The van der Waals surface area contributed by atoms with Gasteiger partial charge in [-0.2, -0.15) is 0 Å². The lowest BCUT2D eigenvalue weighted by atomic mass is 10.1. The fraction of sp³-hybridized carbons (Fsp3) is 0.143. The highest BCUT2D eigenvalue weighted by molar-refractivity contribution is 8.26. The molecule has 1 aliphatic heterocycles. The van der Waals surface area contributed by atoms with Gasteiger partial charge in [0.25, 0.3) is 5.91 Å². The van der Waals surface area contributed by atoms with E-state index in [1.807, 2.05) is 48.5 Å². The number of carbonyl (C=O) groups excluding carboxylic acids is 1. The third-order valence-corrected chi connectivity index (χ3v) is 5.30. The van der Waals surface area contributed by atoms with Gasteiger partial charge in [-0.1, -0.05) is 79.1 Å². The topological polar surface area (TPSA) is 38.8 Å². The molecule has 4 nitrogen and oxygen atoms in total. The van der Waals surface area contributed by atoms with Crippen molar-refractivity contribution in [3.8, 4) is 11.5 Å². The first kappa shape index (κ1) is 19.2. The van der Waals surface area contributed by atoms with E-state index in [1.54, 1.807) is 24.2 Å². The highest BCUT2D eigenvalue weighted by Crippen LogP contribution is 2.38. The molecule has 0 aliphatic carbocycles. The Bertz CT molecular complexity index is 894. The van der Waals surface area contributed by atoms with Crippen LogP contribution in [0.1, 0.15) is 11.1 Å². The van der Waals surface area contributed by atoms with Crippen molar-refractivity contribution in [2.24, 2.45) is 0 Å². The van der Waals surface area contributed by atoms with Crippen molar-refractivity contribution in [3.63, 3.8) is 0 Å². The molecule has 0 atom stereocenters. The Morgan fingerprint density at radius 1 is 1.19 bits per heavy atom. The molecule has 0 saturated carbocycles. The average Bonchev–Trinajstić information content (AvgIpc) is 2.95. The summed E-state index contributed by atoms with van der Waals surface area (Å²) in [5, 5.41) is 0. The van der Waals surface area contributed by atoms with Gasteiger partial charge in [-0.25, -0.2) is 0 Å². The maximum atomic E-state index is 12.9. The van der Waals surface area contributed by atoms with Crippen LogP contribution in [0, 0.1) is 0 Å². The van der Waals surface area contributed by atoms with Crippen molar-refractivity contribution in [3.05, 3.63) is 77.2 Å². The van der Waals surface area contributed by atoms with Crippen molar-refractivity contribution in [1.82, 2.24) is 4.90 Å². The molecule has 6 heteroatoms. The number of nitrogens with zero attached hydrogens (tertiary/aromatic N) is 1. The predicted molar refractivity (Wildman–Crippen MR) is 114 cm³/mol. The number of methoxy groups -OCH3 is 1. The zero-order valence-corrected chi connectivity index (χ0v) is 16.5. The molecular formula is C21H19NO3S2. The van der Waals surface area contributed by atoms with E-state index in [4.69, 9.17) is 21.7 Å². The average molecular weight is 398 g/mol. The van der Waals surface area contributed by atoms with Crippen molar-refractivity contribution >= 4 is 40.3 Å². The number of ether oxygens (including phenoxy) is 2. The van der Waals surface area contributed by atoms with Crippen LogP contribution >= 0.6 is 24.0 Å². The predicted octanol–water partition coefficient (Wildman–Crippen LogP) is 4.66. The van der Waals surface area contributed by atoms with Crippen LogP contribution in [-0.2, 0) is 11.3 Å². The van der Waals surface area contributed by atoms with E-state index in [-0.39, 0.29) is 5.91 Å². The van der Waals surface area contributed by atoms with E-state index >= 15 is 0 Å². The number of para-hydroxylation sites is 1. The third kappa shape index (κ3) is 4.40. The van der Waals surface area contributed by atoms with Crippen molar-refractivity contribution in [1.29, 1.82) is 0 Å². The fourth-order valence-electron chi connectivity index (χ4n) is 2.65. The number of thiocarbonyl (C=S) groups is 1. The smallest absolute Gasteiger partial charge is 0.266 e. The number of hydrogen-bond donors (Lipinski definition) is 0. The lowest BCUT2D eigenvalue weighted by Crippen LogP contribution is -2.27. The summed E-state index contributed by atoms with van der Waals surface area (Å²) in [6.45, 7) is 4.48. The van der Waals surface area contributed by atoms with Gasteiger partial charge in [0.05, 0.1) is 18.6 Å². The minimum Gasteiger partial charge on any atom is -0.493 e. The van der Waals surface area contributed by atoms with Crippen LogP contribution in [0.4, 0.5) is 0 Å². The van der Waals surface area contributed by atoms with Crippen LogP contribution in [-0.4, -0.2) is 28.8 Å². The second-order valence-corrected chi connectivity index (χ2v) is 7.41. The molecule has 2 aromatic carbocycles. The molecule has 27 heavy (non-hydrogen) atoms. The number of carbonyl (C=O) groups is 1. The van der Waals surface area contributed by atoms with E-state index in [0.717, 1.165) is 11.1 Å². The molecule has 1 heterocycles. The Hall–Kier alpha value is -2.57. The summed E-state index contributed by atoms with van der Waals surface area (Å²) in [6, 6.07) is 15.3. The first-order valence-electron chi connectivity index (χ1n) is 8.34. The largest absolute Gasteiger partial charge is 0.493 e. The lowest BCUT2D eigenvalue weighted by molar-refractivity contribution is -0.122. The SMILES string of the molecule is C=CCOc1c(/C=C2/SC(=S)N(Cc3ccccc3)C2=O)cccc1OC. The Labute approximate surface area is 168 Å². The van der Waals surface area contributed by atoms with Gasteiger partial charge in [-0.15, -0.1) is 0 Å². The minimum atomic E-state index is -0.105. The molecule has 0 unspecified atom stereocenters. The van der Waals surface area contributed by atoms with Crippen LogP contribution in [0.5, 0.6) is 11.5 Å². The van der Waals surface area contributed by atoms with E-state index in [0.29, 0.717) is 33.9 Å². The molecular weight excluding hydrogens is 378 g/mol. The second kappa shape index (κ2) is 8.88. The number of benzene rings is 2. The Balaban J connectivity index is 1.88. The maximum absolute atomic E-state index is 12.9. The second-order valence-electron chi connectivity index (χ2n) is 5.73. The quantitative estimate of drug-likeness (QED) is 0.386. The van der Waals surface area contributed by atoms with Crippen molar-refractivity contribution < 1.29 is 14.3 Å². The van der Waals surface area contributed by atoms with E-state index < -0.39 is 0 Å². The van der Waals surface area contributed by atoms with Gasteiger partial charge in [-0.3, -0.25) is 9.69 Å². The molecule has 1 aliphatic rings. The van der Waals surface area contributed by atoms with Gasteiger partial charge < -0.3 is 9.47 Å². The van der Waals surface area contributed by atoms with Crippen LogP contribution in [0.3, 0.4) is 0 Å². The number of hydrogen-bond acceptors (Lipinski definition) is 5. The van der Waals surface area contributed by atoms with Crippen LogP contribution < -0.4 is 9.47 Å². The molecule has 1 amide bonds. The Kier molecular flexibility index (Phi) is 6.32. The molecule has 0 bridgehead atoms. The number of amides is 1. The Morgan fingerprint density at radius 2 is 1.96 bits per heavy atom. The third-order valence-electron chi connectivity index (χ3n) is 3.92. The van der Waals surface area contributed by atoms with Gasteiger partial charge in [0, 0.05) is 5.56 Å². The summed E-state index contributed by atoms with van der Waals surface area (Å²) in [5.41, 5.74) is 1.79. The maximum Gasteiger partial charge on any atom is 0.266 e. The fourth-order valence-corrected chi connectivity index (χ4v) is 3.89. The van der Waals surface area contributed by atoms with Gasteiger partial charge in [0.15, 0.2) is 11.5 Å². The zero-order valence-electron chi connectivity index (χ0n) is 14.9. The van der Waals surface area contributed by atoms with Crippen LogP contribution in [0.15, 0.2) is 66.1 Å². The molecule has 0 N–H and O–H groups in total. The van der Waals surface area contributed by atoms with E-state index in [9.17, 15) is 4.79 Å². The molecule has 0 spiro atoms. The van der Waals surface area contributed by atoms with Crippen LogP contribution in [0.2, 0.25) is 0 Å². The molecule has 138 valence electrons. The molecule has 0 aromatic heterocycles. The van der Waals surface area contributed by atoms with Gasteiger partial charge >= 0.3 is 0 Å². The molecule has 2 aromatic rings. The first-order chi connectivity index (χ1) is 13.1.